The number of carboxylic acids is 2. The van der Waals surface area contributed by atoms with Crippen molar-refractivity contribution in [1.29, 1.82) is 0 Å². The summed E-state index contributed by atoms with van der Waals surface area (Å²) in [7, 11) is 0. The number of carbonyl (C=O) groups is 2. The molecule has 5 nitrogen and oxygen atoms in total. The van der Waals surface area contributed by atoms with Crippen LogP contribution >= 0.6 is 11.6 Å². The molecule has 0 fully saturated rings. The first-order valence-electron chi connectivity index (χ1n) is 6.76. The van der Waals surface area contributed by atoms with Crippen molar-refractivity contribution in [1.82, 2.24) is 0 Å². The SMILES string of the molecule is N[C@H](CC(CCCCCCCCCl)C(=O)O)C(=O)O. The third-order valence-electron chi connectivity index (χ3n) is 3.14. The van der Waals surface area contributed by atoms with Gasteiger partial charge in [-0.25, -0.2) is 0 Å². The predicted octanol–water partition coefficient (Wildman–Crippen LogP) is 2.46. The summed E-state index contributed by atoms with van der Waals surface area (Å²) in [6, 6.07) is -1.09. The first kappa shape index (κ1) is 18.2. The van der Waals surface area contributed by atoms with Crippen molar-refractivity contribution in [3.8, 4) is 0 Å². The third kappa shape index (κ3) is 9.73. The topological polar surface area (TPSA) is 101 Å². The van der Waals surface area contributed by atoms with Gasteiger partial charge in [0.25, 0.3) is 0 Å². The Morgan fingerprint density at radius 2 is 1.47 bits per heavy atom. The lowest BCUT2D eigenvalue weighted by Crippen LogP contribution is -2.34. The molecule has 0 radical (unpaired) electrons. The van der Waals surface area contributed by atoms with Crippen LogP contribution in [0.4, 0.5) is 0 Å². The second-order valence-corrected chi connectivity index (χ2v) is 5.19. The van der Waals surface area contributed by atoms with Crippen molar-refractivity contribution in [3.63, 3.8) is 0 Å². The highest BCUT2D eigenvalue weighted by Crippen LogP contribution is 2.17. The zero-order valence-electron chi connectivity index (χ0n) is 11.2. The number of alkyl halides is 1. The summed E-state index contributed by atoms with van der Waals surface area (Å²) in [5.41, 5.74) is 5.37. The minimum absolute atomic E-state index is 0.00306. The Balaban J connectivity index is 3.77. The van der Waals surface area contributed by atoms with Crippen LogP contribution in [0.3, 0.4) is 0 Å². The fourth-order valence-electron chi connectivity index (χ4n) is 1.94. The van der Waals surface area contributed by atoms with Crippen LogP contribution in [0.1, 0.15) is 51.4 Å². The monoisotopic (exact) mass is 293 g/mol. The standard InChI is InChI=1S/C13H24ClNO4/c14-8-6-4-2-1-3-5-7-10(12(16)17)9-11(15)13(18)19/h10-11H,1-9,15H2,(H,16,17)(H,18,19)/t10?,11-/m1/s1. The molecule has 0 spiro atoms. The van der Waals surface area contributed by atoms with E-state index in [4.69, 9.17) is 27.5 Å². The first-order valence-corrected chi connectivity index (χ1v) is 7.29. The van der Waals surface area contributed by atoms with Crippen molar-refractivity contribution in [3.05, 3.63) is 0 Å². The summed E-state index contributed by atoms with van der Waals surface area (Å²) in [4.78, 5) is 21.6. The number of halogens is 1. The van der Waals surface area contributed by atoms with E-state index in [0.29, 0.717) is 12.3 Å². The molecule has 19 heavy (non-hydrogen) atoms. The van der Waals surface area contributed by atoms with E-state index in [2.05, 4.69) is 0 Å². The molecular weight excluding hydrogens is 270 g/mol. The van der Waals surface area contributed by atoms with Crippen LogP contribution in [0.15, 0.2) is 0 Å². The summed E-state index contributed by atoms with van der Waals surface area (Å²) in [5.74, 6) is -2.08. The lowest BCUT2D eigenvalue weighted by Gasteiger charge is -2.14. The number of carboxylic acid groups (broad SMARTS) is 2. The summed E-state index contributed by atoms with van der Waals surface area (Å²) < 4.78 is 0. The van der Waals surface area contributed by atoms with E-state index < -0.39 is 23.9 Å². The maximum Gasteiger partial charge on any atom is 0.320 e. The molecule has 0 aliphatic heterocycles. The van der Waals surface area contributed by atoms with Gasteiger partial charge in [0, 0.05) is 5.88 Å². The highest BCUT2D eigenvalue weighted by molar-refractivity contribution is 6.17. The Morgan fingerprint density at radius 1 is 0.947 bits per heavy atom. The van der Waals surface area contributed by atoms with Gasteiger partial charge >= 0.3 is 11.9 Å². The lowest BCUT2D eigenvalue weighted by molar-refractivity contribution is -0.143. The van der Waals surface area contributed by atoms with E-state index in [-0.39, 0.29) is 6.42 Å². The average molecular weight is 294 g/mol. The number of nitrogens with two attached hydrogens (primary N) is 1. The van der Waals surface area contributed by atoms with Gasteiger partial charge in [0.1, 0.15) is 6.04 Å². The van der Waals surface area contributed by atoms with E-state index in [1.165, 1.54) is 0 Å². The van der Waals surface area contributed by atoms with Crippen molar-refractivity contribution in [2.75, 3.05) is 5.88 Å². The average Bonchev–Trinajstić information content (AvgIpc) is 2.35. The second kappa shape index (κ2) is 11.1. The van der Waals surface area contributed by atoms with Gasteiger partial charge in [-0.1, -0.05) is 32.1 Å². The Hall–Kier alpha value is -0.810. The van der Waals surface area contributed by atoms with Crippen molar-refractivity contribution < 1.29 is 19.8 Å². The van der Waals surface area contributed by atoms with Crippen LogP contribution in [0.2, 0.25) is 0 Å². The number of rotatable bonds is 12. The molecule has 2 atom stereocenters. The number of hydrogen-bond donors (Lipinski definition) is 3. The summed E-state index contributed by atoms with van der Waals surface area (Å²) in [6.45, 7) is 0. The van der Waals surface area contributed by atoms with Gasteiger partial charge in [0.05, 0.1) is 5.92 Å². The summed E-state index contributed by atoms with van der Waals surface area (Å²) >= 11 is 5.57. The molecule has 0 saturated carbocycles. The molecule has 0 aliphatic carbocycles. The molecule has 4 N–H and O–H groups in total. The molecule has 0 heterocycles. The maximum atomic E-state index is 11.0. The molecule has 0 aliphatic rings. The van der Waals surface area contributed by atoms with Crippen LogP contribution in [0, 0.1) is 5.92 Å². The molecule has 0 rings (SSSR count). The quantitative estimate of drug-likeness (QED) is 0.379. The Morgan fingerprint density at radius 3 is 1.95 bits per heavy atom. The second-order valence-electron chi connectivity index (χ2n) is 4.81. The molecule has 0 aromatic heterocycles. The van der Waals surface area contributed by atoms with Gasteiger partial charge in [0.2, 0.25) is 0 Å². The highest BCUT2D eigenvalue weighted by Gasteiger charge is 2.23. The zero-order chi connectivity index (χ0) is 14.7. The predicted molar refractivity (Wildman–Crippen MR) is 74.4 cm³/mol. The minimum atomic E-state index is -1.15. The molecule has 112 valence electrons. The minimum Gasteiger partial charge on any atom is -0.481 e. The molecule has 0 bridgehead atoms. The van der Waals surface area contributed by atoms with Crippen molar-refractivity contribution in [2.45, 2.75) is 57.4 Å². The van der Waals surface area contributed by atoms with Crippen LogP contribution in [0.5, 0.6) is 0 Å². The highest BCUT2D eigenvalue weighted by atomic mass is 35.5. The van der Waals surface area contributed by atoms with Gasteiger partial charge < -0.3 is 15.9 Å². The van der Waals surface area contributed by atoms with E-state index in [9.17, 15) is 9.59 Å². The largest absolute Gasteiger partial charge is 0.481 e. The summed E-state index contributed by atoms with van der Waals surface area (Å²) in [5, 5.41) is 17.7. The number of unbranched alkanes of at least 4 members (excludes halogenated alkanes) is 5. The van der Waals surface area contributed by atoms with E-state index >= 15 is 0 Å². The molecule has 6 heteroatoms. The summed E-state index contributed by atoms with van der Waals surface area (Å²) in [6.07, 6.45) is 6.55. The van der Waals surface area contributed by atoms with Crippen LogP contribution in [-0.4, -0.2) is 34.1 Å². The zero-order valence-corrected chi connectivity index (χ0v) is 11.9. The van der Waals surface area contributed by atoms with E-state index in [0.717, 1.165) is 38.5 Å². The maximum absolute atomic E-state index is 11.0. The molecule has 0 aromatic carbocycles. The van der Waals surface area contributed by atoms with Crippen LogP contribution in [-0.2, 0) is 9.59 Å². The van der Waals surface area contributed by atoms with Gasteiger partial charge in [-0.3, -0.25) is 9.59 Å². The van der Waals surface area contributed by atoms with Gasteiger partial charge in [-0.15, -0.1) is 11.6 Å². The smallest absolute Gasteiger partial charge is 0.320 e. The van der Waals surface area contributed by atoms with Crippen LogP contribution in [0.25, 0.3) is 0 Å². The van der Waals surface area contributed by atoms with Crippen LogP contribution < -0.4 is 5.73 Å². The fraction of sp³-hybridized carbons (Fsp3) is 0.846. The van der Waals surface area contributed by atoms with Gasteiger partial charge in [-0.2, -0.15) is 0 Å². The Labute approximate surface area is 119 Å². The van der Waals surface area contributed by atoms with Crippen molar-refractivity contribution >= 4 is 23.5 Å². The van der Waals surface area contributed by atoms with Gasteiger partial charge in [-0.05, 0) is 19.3 Å². The van der Waals surface area contributed by atoms with Crippen molar-refractivity contribution in [2.24, 2.45) is 11.7 Å². The number of aliphatic carboxylic acids is 2. The Bertz CT molecular complexity index is 273. The normalized spacial score (nSPS) is 14.0. The van der Waals surface area contributed by atoms with Gasteiger partial charge in [0.15, 0.2) is 0 Å². The first-order chi connectivity index (χ1) is 8.99. The molecular formula is C13H24ClNO4. The van der Waals surface area contributed by atoms with E-state index in [1.54, 1.807) is 0 Å². The fourth-order valence-corrected chi connectivity index (χ4v) is 2.13. The third-order valence-corrected chi connectivity index (χ3v) is 3.41. The number of hydrogen-bond acceptors (Lipinski definition) is 3. The lowest BCUT2D eigenvalue weighted by atomic mass is 9.94. The molecule has 1 unspecified atom stereocenters. The molecule has 0 saturated heterocycles. The molecule has 0 amide bonds. The van der Waals surface area contributed by atoms with E-state index in [1.807, 2.05) is 0 Å². The molecule has 0 aromatic rings. The Kier molecular flexibility index (Phi) is 10.6.